The molecule has 0 aromatic carbocycles. The first-order valence-corrected chi connectivity index (χ1v) is 7.98. The Morgan fingerprint density at radius 2 is 1.89 bits per heavy atom. The van der Waals surface area contributed by atoms with Crippen LogP contribution in [0.5, 0.6) is 0 Å². The largest absolute Gasteiger partial charge is 0.314 e. The fourth-order valence-corrected chi connectivity index (χ4v) is 3.32. The van der Waals surface area contributed by atoms with Crippen LogP contribution in [0.1, 0.15) is 65.2 Å². The Labute approximate surface area is 117 Å². The lowest BCUT2D eigenvalue weighted by atomic mass is 9.99. The van der Waals surface area contributed by atoms with Crippen molar-refractivity contribution in [3.8, 4) is 0 Å². The predicted molar refractivity (Wildman–Crippen MR) is 77.6 cm³/mol. The summed E-state index contributed by atoms with van der Waals surface area (Å²) in [5, 5.41) is 5.67. The summed E-state index contributed by atoms with van der Waals surface area (Å²) in [4.78, 5) is 12.1. The van der Waals surface area contributed by atoms with Gasteiger partial charge in [0.25, 0.3) is 0 Å². The Morgan fingerprint density at radius 3 is 2.53 bits per heavy atom. The monoisotopic (exact) mass is 267 g/mol. The normalized spacial score (nSPS) is 33.1. The van der Waals surface area contributed by atoms with Crippen molar-refractivity contribution >= 4 is 5.91 Å². The Kier molecular flexibility index (Phi) is 5.64. The Balaban J connectivity index is 1.70. The standard InChI is InChI=1S/C15H29N3O/c1-12-6-5-7-13(2)18(12)17-15(19)10-9-14-8-3-4-11-16-14/h12-14,16H,3-11H2,1-2H3,(H,17,19). The van der Waals surface area contributed by atoms with Gasteiger partial charge in [0, 0.05) is 24.5 Å². The van der Waals surface area contributed by atoms with Crippen LogP contribution in [0.2, 0.25) is 0 Å². The highest BCUT2D eigenvalue weighted by molar-refractivity contribution is 5.75. The molecule has 3 atom stereocenters. The number of amides is 1. The van der Waals surface area contributed by atoms with Gasteiger partial charge in [-0.15, -0.1) is 0 Å². The minimum atomic E-state index is 0.188. The van der Waals surface area contributed by atoms with E-state index in [1.54, 1.807) is 0 Å². The van der Waals surface area contributed by atoms with Crippen LogP contribution in [-0.4, -0.2) is 35.6 Å². The number of hydrogen-bond acceptors (Lipinski definition) is 3. The highest BCUT2D eigenvalue weighted by atomic mass is 16.2. The van der Waals surface area contributed by atoms with Gasteiger partial charge in [-0.05, 0) is 52.5 Å². The smallest absolute Gasteiger partial charge is 0.234 e. The van der Waals surface area contributed by atoms with E-state index in [1.807, 2.05) is 0 Å². The third-order valence-corrected chi connectivity index (χ3v) is 4.58. The first kappa shape index (κ1) is 14.8. The molecule has 0 spiro atoms. The second-order valence-electron chi connectivity index (χ2n) is 6.26. The van der Waals surface area contributed by atoms with Gasteiger partial charge in [0.2, 0.25) is 5.91 Å². The number of nitrogens with zero attached hydrogens (tertiary/aromatic N) is 1. The molecule has 0 aromatic heterocycles. The lowest BCUT2D eigenvalue weighted by Crippen LogP contribution is -2.54. The van der Waals surface area contributed by atoms with Crippen LogP contribution in [0.4, 0.5) is 0 Å². The number of rotatable bonds is 4. The Hall–Kier alpha value is -0.610. The van der Waals surface area contributed by atoms with Crippen molar-refractivity contribution in [1.82, 2.24) is 15.8 Å². The molecule has 3 unspecified atom stereocenters. The molecule has 0 radical (unpaired) electrons. The average molecular weight is 267 g/mol. The summed E-state index contributed by atoms with van der Waals surface area (Å²) in [7, 11) is 0. The summed E-state index contributed by atoms with van der Waals surface area (Å²) in [6, 6.07) is 1.50. The van der Waals surface area contributed by atoms with Crippen molar-refractivity contribution in [2.24, 2.45) is 0 Å². The van der Waals surface area contributed by atoms with E-state index in [0.717, 1.165) is 13.0 Å². The third-order valence-electron chi connectivity index (χ3n) is 4.58. The zero-order valence-electron chi connectivity index (χ0n) is 12.5. The van der Waals surface area contributed by atoms with E-state index in [2.05, 4.69) is 29.6 Å². The van der Waals surface area contributed by atoms with Gasteiger partial charge in [-0.2, -0.15) is 0 Å². The fraction of sp³-hybridized carbons (Fsp3) is 0.933. The quantitative estimate of drug-likeness (QED) is 0.821. The molecule has 0 aromatic rings. The lowest BCUT2D eigenvalue weighted by molar-refractivity contribution is -0.129. The molecular formula is C15H29N3O. The number of hydrazine groups is 1. The molecule has 1 amide bonds. The highest BCUT2D eigenvalue weighted by Crippen LogP contribution is 2.20. The zero-order valence-corrected chi connectivity index (χ0v) is 12.5. The summed E-state index contributed by atoms with van der Waals surface area (Å²) in [6.07, 6.45) is 9.09. The fourth-order valence-electron chi connectivity index (χ4n) is 3.32. The van der Waals surface area contributed by atoms with Gasteiger partial charge in [0.15, 0.2) is 0 Å². The van der Waals surface area contributed by atoms with Gasteiger partial charge >= 0.3 is 0 Å². The maximum Gasteiger partial charge on any atom is 0.234 e. The molecule has 0 saturated carbocycles. The predicted octanol–water partition coefficient (Wildman–Crippen LogP) is 2.20. The molecular weight excluding hydrogens is 238 g/mol. The number of nitrogens with one attached hydrogen (secondary N) is 2. The molecule has 2 aliphatic rings. The van der Waals surface area contributed by atoms with E-state index in [-0.39, 0.29) is 5.91 Å². The molecule has 4 nitrogen and oxygen atoms in total. The SMILES string of the molecule is CC1CCCC(C)N1NC(=O)CCC1CCCCN1. The second-order valence-corrected chi connectivity index (χ2v) is 6.26. The minimum Gasteiger partial charge on any atom is -0.314 e. The highest BCUT2D eigenvalue weighted by Gasteiger charge is 2.26. The number of carbonyl (C=O) groups is 1. The molecule has 2 saturated heterocycles. The van der Waals surface area contributed by atoms with Crippen LogP contribution in [0.25, 0.3) is 0 Å². The lowest BCUT2D eigenvalue weighted by Gasteiger charge is -2.38. The summed E-state index contributed by atoms with van der Waals surface area (Å²) in [5.74, 6) is 0.188. The molecule has 2 heterocycles. The van der Waals surface area contributed by atoms with Crippen molar-refractivity contribution in [3.05, 3.63) is 0 Å². The molecule has 19 heavy (non-hydrogen) atoms. The van der Waals surface area contributed by atoms with Gasteiger partial charge in [-0.1, -0.05) is 12.8 Å². The van der Waals surface area contributed by atoms with Crippen LogP contribution in [0.3, 0.4) is 0 Å². The molecule has 2 rings (SSSR count). The van der Waals surface area contributed by atoms with Crippen molar-refractivity contribution in [2.75, 3.05) is 6.54 Å². The first-order chi connectivity index (χ1) is 9.16. The van der Waals surface area contributed by atoms with E-state index >= 15 is 0 Å². The zero-order chi connectivity index (χ0) is 13.7. The Bertz CT molecular complexity index is 279. The molecule has 4 heteroatoms. The third kappa shape index (κ3) is 4.46. The summed E-state index contributed by atoms with van der Waals surface area (Å²) >= 11 is 0. The number of carbonyl (C=O) groups excluding carboxylic acids is 1. The van der Waals surface area contributed by atoms with Crippen molar-refractivity contribution in [1.29, 1.82) is 0 Å². The molecule has 0 bridgehead atoms. The van der Waals surface area contributed by atoms with Gasteiger partial charge in [0.1, 0.15) is 0 Å². The molecule has 2 aliphatic heterocycles. The van der Waals surface area contributed by atoms with Gasteiger partial charge in [-0.3, -0.25) is 10.2 Å². The van der Waals surface area contributed by atoms with Gasteiger partial charge in [0.05, 0.1) is 0 Å². The van der Waals surface area contributed by atoms with Crippen molar-refractivity contribution < 1.29 is 4.79 Å². The molecule has 2 N–H and O–H groups in total. The maximum atomic E-state index is 12.1. The van der Waals surface area contributed by atoms with E-state index in [4.69, 9.17) is 0 Å². The summed E-state index contributed by atoms with van der Waals surface area (Å²) in [6.45, 7) is 5.53. The van der Waals surface area contributed by atoms with Crippen LogP contribution in [0, 0.1) is 0 Å². The topological polar surface area (TPSA) is 44.4 Å². The summed E-state index contributed by atoms with van der Waals surface area (Å²) < 4.78 is 0. The Morgan fingerprint density at radius 1 is 1.16 bits per heavy atom. The van der Waals surface area contributed by atoms with E-state index in [9.17, 15) is 4.79 Å². The van der Waals surface area contributed by atoms with Crippen molar-refractivity contribution in [3.63, 3.8) is 0 Å². The van der Waals surface area contributed by atoms with E-state index in [1.165, 1.54) is 38.5 Å². The summed E-state index contributed by atoms with van der Waals surface area (Å²) in [5.41, 5.74) is 3.12. The van der Waals surface area contributed by atoms with Crippen LogP contribution >= 0.6 is 0 Å². The maximum absolute atomic E-state index is 12.1. The van der Waals surface area contributed by atoms with Gasteiger partial charge < -0.3 is 5.32 Å². The average Bonchev–Trinajstić information content (AvgIpc) is 2.42. The number of piperidine rings is 2. The van der Waals surface area contributed by atoms with Crippen molar-refractivity contribution in [2.45, 2.75) is 83.3 Å². The van der Waals surface area contributed by atoms with E-state index in [0.29, 0.717) is 24.5 Å². The van der Waals surface area contributed by atoms with Crippen LogP contribution in [0.15, 0.2) is 0 Å². The first-order valence-electron chi connectivity index (χ1n) is 7.98. The van der Waals surface area contributed by atoms with Crippen LogP contribution < -0.4 is 10.7 Å². The molecule has 110 valence electrons. The van der Waals surface area contributed by atoms with E-state index < -0.39 is 0 Å². The van der Waals surface area contributed by atoms with Crippen LogP contribution in [-0.2, 0) is 4.79 Å². The molecule has 2 fully saturated rings. The molecule has 0 aliphatic carbocycles. The minimum absolute atomic E-state index is 0.188. The number of hydrogen-bond donors (Lipinski definition) is 2. The van der Waals surface area contributed by atoms with Gasteiger partial charge in [-0.25, -0.2) is 5.01 Å². The second kappa shape index (κ2) is 7.25.